The lowest BCUT2D eigenvalue weighted by atomic mass is 9.93. The first-order valence-corrected chi connectivity index (χ1v) is 8.41. The molecule has 3 nitrogen and oxygen atoms in total. The SMILES string of the molecule is c1ccc2cc(-c3ccc(CC4CCNCC4)nn3)ccc2c1. The van der Waals surface area contributed by atoms with Gasteiger partial charge in [0, 0.05) is 5.56 Å². The lowest BCUT2D eigenvalue weighted by molar-refractivity contribution is 0.369. The quantitative estimate of drug-likeness (QED) is 0.799. The van der Waals surface area contributed by atoms with Crippen LogP contribution in [0.2, 0.25) is 0 Å². The van der Waals surface area contributed by atoms with Crippen LogP contribution in [-0.4, -0.2) is 23.3 Å². The summed E-state index contributed by atoms with van der Waals surface area (Å²) >= 11 is 0. The smallest absolute Gasteiger partial charge is 0.0930 e. The van der Waals surface area contributed by atoms with E-state index in [1.807, 2.05) is 0 Å². The summed E-state index contributed by atoms with van der Waals surface area (Å²) in [6.07, 6.45) is 3.54. The fourth-order valence-corrected chi connectivity index (χ4v) is 3.35. The van der Waals surface area contributed by atoms with Crippen LogP contribution in [0.3, 0.4) is 0 Å². The van der Waals surface area contributed by atoms with Crippen LogP contribution in [-0.2, 0) is 6.42 Å². The predicted molar refractivity (Wildman–Crippen MR) is 94.3 cm³/mol. The Morgan fingerprint density at radius 2 is 1.70 bits per heavy atom. The number of nitrogens with one attached hydrogen (secondary N) is 1. The maximum absolute atomic E-state index is 4.46. The van der Waals surface area contributed by atoms with E-state index in [2.05, 4.69) is 70.1 Å². The van der Waals surface area contributed by atoms with Gasteiger partial charge in [0.05, 0.1) is 11.4 Å². The van der Waals surface area contributed by atoms with Crippen LogP contribution in [0.1, 0.15) is 18.5 Å². The maximum Gasteiger partial charge on any atom is 0.0930 e. The van der Waals surface area contributed by atoms with Crippen molar-refractivity contribution in [1.29, 1.82) is 0 Å². The van der Waals surface area contributed by atoms with E-state index in [4.69, 9.17) is 0 Å². The fourth-order valence-electron chi connectivity index (χ4n) is 3.35. The van der Waals surface area contributed by atoms with E-state index in [9.17, 15) is 0 Å². The minimum atomic E-state index is 0.747. The largest absolute Gasteiger partial charge is 0.317 e. The molecule has 0 aliphatic carbocycles. The Balaban J connectivity index is 1.54. The van der Waals surface area contributed by atoms with Crippen molar-refractivity contribution in [3.8, 4) is 11.3 Å². The lowest BCUT2D eigenvalue weighted by Crippen LogP contribution is -2.28. The Labute approximate surface area is 136 Å². The molecule has 0 unspecified atom stereocenters. The van der Waals surface area contributed by atoms with Crippen molar-refractivity contribution in [1.82, 2.24) is 15.5 Å². The molecule has 3 heteroatoms. The summed E-state index contributed by atoms with van der Waals surface area (Å²) in [5.41, 5.74) is 3.19. The summed E-state index contributed by atoms with van der Waals surface area (Å²) in [7, 11) is 0. The van der Waals surface area contributed by atoms with Crippen molar-refractivity contribution in [3.05, 3.63) is 60.3 Å². The highest BCUT2D eigenvalue weighted by atomic mass is 15.1. The summed E-state index contributed by atoms with van der Waals surface area (Å²) in [5.74, 6) is 0.747. The minimum absolute atomic E-state index is 0.747. The summed E-state index contributed by atoms with van der Waals surface area (Å²) in [6.45, 7) is 2.26. The molecule has 116 valence electrons. The van der Waals surface area contributed by atoms with Gasteiger partial charge in [-0.15, -0.1) is 0 Å². The molecule has 1 aliphatic heterocycles. The number of hydrogen-bond donors (Lipinski definition) is 1. The Hall–Kier alpha value is -2.26. The maximum atomic E-state index is 4.46. The molecular formula is C20H21N3. The highest BCUT2D eigenvalue weighted by Gasteiger charge is 2.14. The third-order valence-electron chi connectivity index (χ3n) is 4.72. The highest BCUT2D eigenvalue weighted by Crippen LogP contribution is 2.23. The summed E-state index contributed by atoms with van der Waals surface area (Å²) in [5, 5.41) is 14.8. The number of benzene rings is 2. The molecule has 1 fully saturated rings. The van der Waals surface area contributed by atoms with E-state index in [0.29, 0.717) is 0 Å². The van der Waals surface area contributed by atoms with Gasteiger partial charge in [-0.05, 0) is 67.2 Å². The zero-order chi connectivity index (χ0) is 15.5. The zero-order valence-electron chi connectivity index (χ0n) is 13.2. The van der Waals surface area contributed by atoms with Crippen LogP contribution in [0, 0.1) is 5.92 Å². The zero-order valence-corrected chi connectivity index (χ0v) is 13.2. The van der Waals surface area contributed by atoms with Crippen LogP contribution >= 0.6 is 0 Å². The van der Waals surface area contributed by atoms with E-state index < -0.39 is 0 Å². The number of nitrogens with zero attached hydrogens (tertiary/aromatic N) is 2. The molecule has 1 N–H and O–H groups in total. The molecule has 2 heterocycles. The number of aromatic nitrogens is 2. The minimum Gasteiger partial charge on any atom is -0.317 e. The number of piperidine rings is 1. The molecule has 0 atom stereocenters. The van der Waals surface area contributed by atoms with Crippen molar-refractivity contribution in [2.75, 3.05) is 13.1 Å². The van der Waals surface area contributed by atoms with Gasteiger partial charge in [0.2, 0.25) is 0 Å². The van der Waals surface area contributed by atoms with Crippen molar-refractivity contribution >= 4 is 10.8 Å². The highest BCUT2D eigenvalue weighted by molar-refractivity contribution is 5.86. The second kappa shape index (κ2) is 6.47. The van der Waals surface area contributed by atoms with Crippen molar-refractivity contribution in [3.63, 3.8) is 0 Å². The second-order valence-electron chi connectivity index (χ2n) is 6.37. The Morgan fingerprint density at radius 3 is 2.48 bits per heavy atom. The molecule has 1 saturated heterocycles. The van der Waals surface area contributed by atoms with Gasteiger partial charge in [0.1, 0.15) is 0 Å². The van der Waals surface area contributed by atoms with Crippen molar-refractivity contribution < 1.29 is 0 Å². The fraction of sp³-hybridized carbons (Fsp3) is 0.300. The van der Waals surface area contributed by atoms with Gasteiger partial charge in [-0.3, -0.25) is 0 Å². The van der Waals surface area contributed by atoms with Gasteiger partial charge in [0.15, 0.2) is 0 Å². The molecule has 23 heavy (non-hydrogen) atoms. The van der Waals surface area contributed by atoms with E-state index in [-0.39, 0.29) is 0 Å². The van der Waals surface area contributed by atoms with Gasteiger partial charge in [-0.2, -0.15) is 10.2 Å². The molecule has 0 spiro atoms. The van der Waals surface area contributed by atoms with Crippen molar-refractivity contribution in [2.24, 2.45) is 5.92 Å². The molecular weight excluding hydrogens is 282 g/mol. The summed E-state index contributed by atoms with van der Waals surface area (Å²) < 4.78 is 0. The number of hydrogen-bond acceptors (Lipinski definition) is 3. The molecule has 2 aromatic carbocycles. The van der Waals surface area contributed by atoms with Gasteiger partial charge in [-0.25, -0.2) is 0 Å². The monoisotopic (exact) mass is 303 g/mol. The molecule has 0 bridgehead atoms. The predicted octanol–water partition coefficient (Wildman–Crippen LogP) is 3.84. The third kappa shape index (κ3) is 3.25. The normalized spacial score (nSPS) is 15.8. The van der Waals surface area contributed by atoms with E-state index in [1.165, 1.54) is 23.6 Å². The molecule has 4 rings (SSSR count). The Kier molecular flexibility index (Phi) is 4.03. The first kappa shape index (κ1) is 14.3. The Bertz CT molecular complexity index is 789. The van der Waals surface area contributed by atoms with Gasteiger partial charge >= 0.3 is 0 Å². The first-order valence-electron chi connectivity index (χ1n) is 8.41. The van der Waals surface area contributed by atoms with Crippen LogP contribution in [0.15, 0.2) is 54.6 Å². The Morgan fingerprint density at radius 1 is 0.870 bits per heavy atom. The molecule has 0 radical (unpaired) electrons. The van der Waals surface area contributed by atoms with Crippen LogP contribution in [0.5, 0.6) is 0 Å². The average molecular weight is 303 g/mol. The van der Waals surface area contributed by atoms with Crippen LogP contribution < -0.4 is 5.32 Å². The molecule has 1 aliphatic rings. The van der Waals surface area contributed by atoms with Gasteiger partial charge < -0.3 is 5.32 Å². The standard InChI is InChI=1S/C20H21N3/c1-2-4-17-14-18(6-5-16(17)3-1)20-8-7-19(22-23-20)13-15-9-11-21-12-10-15/h1-8,14-15,21H,9-13H2. The van der Waals surface area contributed by atoms with E-state index >= 15 is 0 Å². The van der Waals surface area contributed by atoms with Crippen LogP contribution in [0.25, 0.3) is 22.0 Å². The first-order chi connectivity index (χ1) is 11.4. The second-order valence-corrected chi connectivity index (χ2v) is 6.37. The lowest BCUT2D eigenvalue weighted by Gasteiger charge is -2.21. The molecule has 0 saturated carbocycles. The van der Waals surface area contributed by atoms with Crippen LogP contribution in [0.4, 0.5) is 0 Å². The molecule has 1 aromatic heterocycles. The van der Waals surface area contributed by atoms with Gasteiger partial charge in [-0.1, -0.05) is 36.4 Å². The average Bonchev–Trinajstić information content (AvgIpc) is 2.63. The van der Waals surface area contributed by atoms with Gasteiger partial charge in [0.25, 0.3) is 0 Å². The number of fused-ring (bicyclic) bond motifs is 1. The number of rotatable bonds is 3. The van der Waals surface area contributed by atoms with E-state index in [0.717, 1.165) is 42.4 Å². The summed E-state index contributed by atoms with van der Waals surface area (Å²) in [6, 6.07) is 19.1. The molecule has 3 aromatic rings. The molecule has 0 amide bonds. The van der Waals surface area contributed by atoms with Crippen molar-refractivity contribution in [2.45, 2.75) is 19.3 Å². The third-order valence-corrected chi connectivity index (χ3v) is 4.72. The summed E-state index contributed by atoms with van der Waals surface area (Å²) in [4.78, 5) is 0. The van der Waals surface area contributed by atoms with E-state index in [1.54, 1.807) is 0 Å². The topological polar surface area (TPSA) is 37.8 Å².